The number of nitriles is 1. The second-order valence-corrected chi connectivity index (χ2v) is 1.09. The molecule has 0 N–H and O–H groups in total. The van der Waals surface area contributed by atoms with Crippen LogP contribution < -0.4 is 0 Å². The first-order valence-corrected chi connectivity index (χ1v) is 2.56. The molecule has 0 aliphatic carbocycles. The van der Waals surface area contributed by atoms with E-state index in [9.17, 15) is 0 Å². The van der Waals surface area contributed by atoms with Crippen LogP contribution >= 0.6 is 23.2 Å². The van der Waals surface area contributed by atoms with Gasteiger partial charge in [0.05, 0.1) is 6.07 Å². The molecule has 0 rings (SSSR count). The monoisotopic (exact) mass is 149 g/mol. The van der Waals surface area contributed by atoms with Crippen LogP contribution in [0.4, 0.5) is 0 Å². The Bertz CT molecular complexity index is 97.5. The highest BCUT2D eigenvalue weighted by Gasteiger charge is 1.40. The van der Waals surface area contributed by atoms with Crippen molar-refractivity contribution in [2.75, 3.05) is 0 Å². The van der Waals surface area contributed by atoms with E-state index >= 15 is 0 Å². The maximum atomic E-state index is 7.51. The second-order valence-electron chi connectivity index (χ2n) is 0.585. The largest absolute Gasteiger partial charge is 0.193 e. The molecule has 3 heteroatoms. The first-order chi connectivity index (χ1) is 3.83. The molecular formula is C5H5Cl2N. The standard InChI is InChI=1S/C3H3N.C2H2Cl2/c1-2-3-4;3-1-2-4/h2H,1H2;1-2H/b;2-1+. The highest BCUT2D eigenvalue weighted by atomic mass is 35.5. The molecule has 0 aliphatic rings. The fraction of sp³-hybridized carbons (Fsp3) is 0. The molecule has 0 fully saturated rings. The number of halogens is 2. The van der Waals surface area contributed by atoms with E-state index in [1.165, 1.54) is 17.1 Å². The van der Waals surface area contributed by atoms with Gasteiger partial charge in [0.2, 0.25) is 0 Å². The van der Waals surface area contributed by atoms with E-state index in [-0.39, 0.29) is 0 Å². The van der Waals surface area contributed by atoms with Gasteiger partial charge < -0.3 is 0 Å². The van der Waals surface area contributed by atoms with Gasteiger partial charge >= 0.3 is 0 Å². The molecule has 44 valence electrons. The Kier molecular flexibility index (Phi) is 21.0. The minimum absolute atomic E-state index is 1.18. The van der Waals surface area contributed by atoms with Gasteiger partial charge in [0.1, 0.15) is 0 Å². The summed E-state index contributed by atoms with van der Waals surface area (Å²) in [5.41, 5.74) is 2.48. The van der Waals surface area contributed by atoms with Crippen LogP contribution in [0.2, 0.25) is 0 Å². The van der Waals surface area contributed by atoms with Crippen LogP contribution in [0, 0.1) is 11.3 Å². The average molecular weight is 150 g/mol. The molecule has 0 bridgehead atoms. The second kappa shape index (κ2) is 16.0. The molecule has 8 heavy (non-hydrogen) atoms. The minimum atomic E-state index is 1.18. The van der Waals surface area contributed by atoms with Crippen molar-refractivity contribution in [3.63, 3.8) is 0 Å². The zero-order chi connectivity index (χ0) is 6.83. The van der Waals surface area contributed by atoms with Gasteiger partial charge in [-0.3, -0.25) is 0 Å². The molecule has 0 spiro atoms. The summed E-state index contributed by atoms with van der Waals surface area (Å²) < 4.78 is 0. The Morgan fingerprint density at radius 2 is 1.62 bits per heavy atom. The summed E-state index contributed by atoms with van der Waals surface area (Å²) in [5, 5.41) is 7.51. The van der Waals surface area contributed by atoms with E-state index in [2.05, 4.69) is 6.58 Å². The molecule has 0 unspecified atom stereocenters. The summed E-state index contributed by atoms with van der Waals surface area (Å²) in [7, 11) is 0. The SMILES string of the molecule is C=CC#N.Cl/C=C/Cl. The van der Waals surface area contributed by atoms with Crippen molar-refractivity contribution in [3.8, 4) is 6.07 Å². The molecule has 0 aromatic carbocycles. The number of nitrogens with zero attached hydrogens (tertiary/aromatic N) is 1. The van der Waals surface area contributed by atoms with E-state index in [0.29, 0.717) is 0 Å². The van der Waals surface area contributed by atoms with Gasteiger partial charge in [-0.1, -0.05) is 29.8 Å². The van der Waals surface area contributed by atoms with E-state index in [0.717, 1.165) is 0 Å². The predicted octanol–water partition coefficient (Wildman–Crippen LogP) is 2.63. The van der Waals surface area contributed by atoms with Crippen LogP contribution in [0.25, 0.3) is 0 Å². The molecule has 0 saturated heterocycles. The Morgan fingerprint density at radius 3 is 1.62 bits per heavy atom. The lowest BCUT2D eigenvalue weighted by Crippen LogP contribution is -1.23. The predicted molar refractivity (Wildman–Crippen MR) is 36.7 cm³/mol. The van der Waals surface area contributed by atoms with Crippen molar-refractivity contribution < 1.29 is 0 Å². The van der Waals surface area contributed by atoms with E-state index in [1.807, 2.05) is 0 Å². The van der Waals surface area contributed by atoms with Crippen molar-refractivity contribution in [1.29, 1.82) is 5.26 Å². The Balaban J connectivity index is 0. The van der Waals surface area contributed by atoms with Crippen LogP contribution in [0.15, 0.2) is 23.7 Å². The number of allylic oxidation sites excluding steroid dienone is 1. The van der Waals surface area contributed by atoms with Crippen molar-refractivity contribution in [1.82, 2.24) is 0 Å². The van der Waals surface area contributed by atoms with Crippen LogP contribution in [0.5, 0.6) is 0 Å². The van der Waals surface area contributed by atoms with Crippen molar-refractivity contribution >= 4 is 23.2 Å². The van der Waals surface area contributed by atoms with E-state index < -0.39 is 0 Å². The number of hydrogen-bond donors (Lipinski definition) is 0. The zero-order valence-electron chi connectivity index (χ0n) is 4.14. The number of rotatable bonds is 0. The van der Waals surface area contributed by atoms with Crippen LogP contribution in [0.3, 0.4) is 0 Å². The fourth-order valence-corrected chi connectivity index (χ4v) is 0. The lowest BCUT2D eigenvalue weighted by molar-refractivity contribution is 1.54. The van der Waals surface area contributed by atoms with Gasteiger partial charge in [-0.05, 0) is 0 Å². The van der Waals surface area contributed by atoms with Crippen molar-refractivity contribution in [3.05, 3.63) is 23.7 Å². The van der Waals surface area contributed by atoms with Gasteiger partial charge in [0, 0.05) is 17.1 Å². The van der Waals surface area contributed by atoms with Crippen LogP contribution in [-0.2, 0) is 0 Å². The minimum Gasteiger partial charge on any atom is -0.193 e. The summed E-state index contributed by atoms with van der Waals surface area (Å²) in [6, 6.07) is 1.69. The average Bonchev–Trinajstić information content (AvgIpc) is 1.88. The van der Waals surface area contributed by atoms with Crippen LogP contribution in [0.1, 0.15) is 0 Å². The van der Waals surface area contributed by atoms with Crippen molar-refractivity contribution in [2.24, 2.45) is 0 Å². The summed E-state index contributed by atoms with van der Waals surface area (Å²) in [5.74, 6) is 0. The quantitative estimate of drug-likeness (QED) is 0.487. The number of hydrogen-bond acceptors (Lipinski definition) is 1. The van der Waals surface area contributed by atoms with Gasteiger partial charge in [-0.15, -0.1) is 0 Å². The van der Waals surface area contributed by atoms with Gasteiger partial charge in [-0.25, -0.2) is 0 Å². The molecule has 0 heterocycles. The maximum Gasteiger partial charge on any atom is 0.0905 e. The van der Waals surface area contributed by atoms with Gasteiger partial charge in [0.15, 0.2) is 0 Å². The first kappa shape index (κ1) is 10.5. The Hall–Kier alpha value is -0.450. The molecule has 0 aromatic rings. The summed E-state index contributed by atoms with van der Waals surface area (Å²) in [6.07, 6.45) is 1.18. The zero-order valence-corrected chi connectivity index (χ0v) is 5.65. The first-order valence-electron chi connectivity index (χ1n) is 1.69. The van der Waals surface area contributed by atoms with E-state index in [1.54, 1.807) is 6.07 Å². The molecule has 0 atom stereocenters. The van der Waals surface area contributed by atoms with Crippen LogP contribution in [-0.4, -0.2) is 0 Å². The van der Waals surface area contributed by atoms with Gasteiger partial charge in [-0.2, -0.15) is 5.26 Å². The summed E-state index contributed by atoms with van der Waals surface area (Å²) in [6.45, 7) is 3.12. The third-order valence-corrected chi connectivity index (χ3v) is 0.520. The Labute approximate surface area is 58.8 Å². The lowest BCUT2D eigenvalue weighted by atomic mass is 10.8. The van der Waals surface area contributed by atoms with Crippen molar-refractivity contribution in [2.45, 2.75) is 0 Å². The highest BCUT2D eigenvalue weighted by molar-refractivity contribution is 6.33. The third-order valence-electron chi connectivity index (χ3n) is 0.139. The molecule has 0 saturated carbocycles. The van der Waals surface area contributed by atoms with E-state index in [4.69, 9.17) is 28.5 Å². The maximum absolute atomic E-state index is 7.51. The topological polar surface area (TPSA) is 23.8 Å². The smallest absolute Gasteiger partial charge is 0.0905 e. The molecule has 0 aliphatic heterocycles. The lowest BCUT2D eigenvalue weighted by Gasteiger charge is -1.44. The highest BCUT2D eigenvalue weighted by Crippen LogP contribution is 1.78. The molecule has 1 nitrogen and oxygen atoms in total. The third kappa shape index (κ3) is 47.8. The fourth-order valence-electron chi connectivity index (χ4n) is 0. The summed E-state index contributed by atoms with van der Waals surface area (Å²) in [4.78, 5) is 0. The van der Waals surface area contributed by atoms with Gasteiger partial charge in [0.25, 0.3) is 0 Å². The summed E-state index contributed by atoms with van der Waals surface area (Å²) >= 11 is 9.75. The molecule has 0 radical (unpaired) electrons. The Morgan fingerprint density at radius 1 is 1.38 bits per heavy atom. The normalized spacial score (nSPS) is 6.62. The molecular weight excluding hydrogens is 145 g/mol. The molecule has 0 amide bonds. The molecule has 0 aromatic heterocycles.